The molecule has 0 radical (unpaired) electrons. The largest absolute Gasteiger partial charge is 0.322 e. The minimum Gasteiger partial charge on any atom is -0.316 e. The number of hydrogen-bond acceptors (Lipinski definition) is 2. The molecule has 1 aliphatic heterocycles. The molecular weight excluding hydrogens is 288 g/mol. The molecule has 122 valence electrons. The number of carbonyl (C=O) groups is 1. The summed E-state index contributed by atoms with van der Waals surface area (Å²) in [4.78, 5) is 14.7. The highest BCUT2D eigenvalue weighted by Gasteiger charge is 2.32. The third kappa shape index (κ3) is 3.09. The molecule has 2 amide bonds. The van der Waals surface area contributed by atoms with E-state index in [1.807, 2.05) is 40.0 Å². The highest BCUT2D eigenvalue weighted by molar-refractivity contribution is 5.90. The molecule has 1 aromatic carbocycles. The van der Waals surface area contributed by atoms with Crippen molar-refractivity contribution in [1.82, 2.24) is 14.7 Å². The van der Waals surface area contributed by atoms with Crippen LogP contribution >= 0.6 is 0 Å². The predicted octanol–water partition coefficient (Wildman–Crippen LogP) is 3.83. The maximum Gasteiger partial charge on any atom is 0.322 e. The van der Waals surface area contributed by atoms with Gasteiger partial charge in [-0.25, -0.2) is 4.79 Å². The van der Waals surface area contributed by atoms with Crippen molar-refractivity contribution < 1.29 is 4.79 Å². The monoisotopic (exact) mass is 312 g/mol. The van der Waals surface area contributed by atoms with E-state index in [1.165, 1.54) is 0 Å². The summed E-state index contributed by atoms with van der Waals surface area (Å²) in [5.74, 6) is 0. The summed E-state index contributed by atoms with van der Waals surface area (Å²) in [6.45, 7) is 5.80. The second kappa shape index (κ2) is 6.86. The van der Waals surface area contributed by atoms with Crippen LogP contribution in [0.25, 0.3) is 0 Å². The molecule has 0 saturated carbocycles. The summed E-state index contributed by atoms with van der Waals surface area (Å²) >= 11 is 0. The fourth-order valence-corrected chi connectivity index (χ4v) is 3.35. The van der Waals surface area contributed by atoms with Gasteiger partial charge in [-0.15, -0.1) is 0 Å². The zero-order valence-electron chi connectivity index (χ0n) is 13.8. The Kier molecular flexibility index (Phi) is 4.65. The molecule has 1 saturated heterocycles. The second-order valence-corrected chi connectivity index (χ2v) is 5.86. The zero-order chi connectivity index (χ0) is 16.2. The molecule has 1 aliphatic rings. The third-order valence-electron chi connectivity index (χ3n) is 4.54. The van der Waals surface area contributed by atoms with Crippen molar-refractivity contribution in [2.75, 3.05) is 11.9 Å². The first-order valence-corrected chi connectivity index (χ1v) is 8.41. The molecule has 1 fully saturated rings. The molecule has 0 spiro atoms. The number of benzene rings is 1. The normalized spacial score (nSPS) is 17.5. The van der Waals surface area contributed by atoms with E-state index < -0.39 is 0 Å². The van der Waals surface area contributed by atoms with Crippen LogP contribution in [0, 0.1) is 0 Å². The van der Waals surface area contributed by atoms with E-state index in [2.05, 4.69) is 30.3 Å². The number of aromatic nitrogens is 2. The van der Waals surface area contributed by atoms with Gasteiger partial charge < -0.3 is 10.2 Å². The Labute approximate surface area is 137 Å². The lowest BCUT2D eigenvalue weighted by Gasteiger charge is -2.26. The molecule has 5 heteroatoms. The molecule has 0 bridgehead atoms. The van der Waals surface area contributed by atoms with E-state index in [0.717, 1.165) is 49.3 Å². The standard InChI is InChI=1S/C18H24N4O/c1-3-14-8-5-6-9-15(14)20-18(23)21-13-7-10-16(21)17-11-12-19-22(17)4-2/h5-6,8-9,11-12,16H,3-4,7,10,13H2,1-2H3,(H,20,23). The van der Waals surface area contributed by atoms with Crippen LogP contribution in [-0.2, 0) is 13.0 Å². The fourth-order valence-electron chi connectivity index (χ4n) is 3.35. The van der Waals surface area contributed by atoms with Crippen molar-refractivity contribution in [3.8, 4) is 0 Å². The first-order valence-electron chi connectivity index (χ1n) is 8.41. The van der Waals surface area contributed by atoms with Gasteiger partial charge in [-0.05, 0) is 43.9 Å². The topological polar surface area (TPSA) is 50.2 Å². The highest BCUT2D eigenvalue weighted by Crippen LogP contribution is 2.32. The molecule has 1 unspecified atom stereocenters. The van der Waals surface area contributed by atoms with Crippen LogP contribution in [-0.4, -0.2) is 27.3 Å². The Hall–Kier alpha value is -2.30. The molecule has 2 aromatic rings. The Morgan fingerprint density at radius 3 is 2.91 bits per heavy atom. The van der Waals surface area contributed by atoms with Gasteiger partial charge in [-0.1, -0.05) is 25.1 Å². The van der Waals surface area contributed by atoms with E-state index in [-0.39, 0.29) is 12.1 Å². The van der Waals surface area contributed by atoms with Gasteiger partial charge in [-0.2, -0.15) is 5.10 Å². The van der Waals surface area contributed by atoms with Gasteiger partial charge >= 0.3 is 6.03 Å². The molecule has 1 N–H and O–H groups in total. The van der Waals surface area contributed by atoms with Crippen LogP contribution in [0.5, 0.6) is 0 Å². The Balaban J connectivity index is 1.78. The predicted molar refractivity (Wildman–Crippen MR) is 91.4 cm³/mol. The second-order valence-electron chi connectivity index (χ2n) is 5.86. The van der Waals surface area contributed by atoms with Crippen LogP contribution in [0.2, 0.25) is 0 Å². The van der Waals surface area contributed by atoms with Gasteiger partial charge in [0.15, 0.2) is 0 Å². The van der Waals surface area contributed by atoms with Crippen molar-refractivity contribution in [3.05, 3.63) is 47.8 Å². The first-order chi connectivity index (χ1) is 11.2. The number of aryl methyl sites for hydroxylation is 2. The number of para-hydroxylation sites is 1. The maximum atomic E-state index is 12.8. The summed E-state index contributed by atoms with van der Waals surface area (Å²) < 4.78 is 1.98. The minimum absolute atomic E-state index is 0.0164. The van der Waals surface area contributed by atoms with Gasteiger partial charge in [0.05, 0.1) is 11.7 Å². The van der Waals surface area contributed by atoms with Crippen molar-refractivity contribution >= 4 is 11.7 Å². The molecule has 0 aliphatic carbocycles. The summed E-state index contributed by atoms with van der Waals surface area (Å²) in [5.41, 5.74) is 3.20. The number of amides is 2. The van der Waals surface area contributed by atoms with Crippen LogP contribution in [0.4, 0.5) is 10.5 Å². The maximum absolute atomic E-state index is 12.8. The Bertz CT molecular complexity index is 679. The number of urea groups is 1. The molecule has 3 rings (SSSR count). The van der Waals surface area contributed by atoms with Gasteiger partial charge in [-0.3, -0.25) is 4.68 Å². The third-order valence-corrected chi connectivity index (χ3v) is 4.54. The van der Waals surface area contributed by atoms with Crippen LogP contribution < -0.4 is 5.32 Å². The first kappa shape index (κ1) is 15.6. The summed E-state index contributed by atoms with van der Waals surface area (Å²) in [7, 11) is 0. The average molecular weight is 312 g/mol. The molecule has 2 heterocycles. The molecule has 23 heavy (non-hydrogen) atoms. The highest BCUT2D eigenvalue weighted by atomic mass is 16.2. The lowest BCUT2D eigenvalue weighted by atomic mass is 10.1. The zero-order valence-corrected chi connectivity index (χ0v) is 13.8. The number of nitrogens with one attached hydrogen (secondary N) is 1. The Morgan fingerprint density at radius 1 is 1.30 bits per heavy atom. The molecular formula is C18H24N4O. The molecule has 5 nitrogen and oxygen atoms in total. The van der Waals surface area contributed by atoms with Crippen molar-refractivity contribution in [1.29, 1.82) is 0 Å². The van der Waals surface area contributed by atoms with Crippen LogP contribution in [0.15, 0.2) is 36.5 Å². The van der Waals surface area contributed by atoms with Crippen molar-refractivity contribution in [2.45, 2.75) is 45.7 Å². The average Bonchev–Trinajstić information content (AvgIpc) is 3.23. The number of nitrogens with zero attached hydrogens (tertiary/aromatic N) is 3. The summed E-state index contributed by atoms with van der Waals surface area (Å²) in [6, 6.07) is 10.1. The van der Waals surface area contributed by atoms with E-state index in [4.69, 9.17) is 0 Å². The number of anilines is 1. The summed E-state index contributed by atoms with van der Waals surface area (Å²) in [6.07, 6.45) is 4.75. The molecule has 1 atom stereocenters. The van der Waals surface area contributed by atoms with Gasteiger partial charge in [0.1, 0.15) is 0 Å². The van der Waals surface area contributed by atoms with E-state index in [1.54, 1.807) is 0 Å². The lowest BCUT2D eigenvalue weighted by molar-refractivity contribution is 0.204. The van der Waals surface area contributed by atoms with Gasteiger partial charge in [0.25, 0.3) is 0 Å². The van der Waals surface area contributed by atoms with E-state index in [0.29, 0.717) is 0 Å². The fraction of sp³-hybridized carbons (Fsp3) is 0.444. The SMILES string of the molecule is CCc1ccccc1NC(=O)N1CCCC1c1ccnn1CC. The quantitative estimate of drug-likeness (QED) is 0.932. The number of carbonyl (C=O) groups excluding carboxylic acids is 1. The van der Waals surface area contributed by atoms with Gasteiger partial charge in [0.2, 0.25) is 0 Å². The van der Waals surface area contributed by atoms with Crippen LogP contribution in [0.1, 0.15) is 44.0 Å². The van der Waals surface area contributed by atoms with E-state index in [9.17, 15) is 4.79 Å². The summed E-state index contributed by atoms with van der Waals surface area (Å²) in [5, 5.41) is 7.43. The Morgan fingerprint density at radius 2 is 2.13 bits per heavy atom. The van der Waals surface area contributed by atoms with Crippen molar-refractivity contribution in [3.63, 3.8) is 0 Å². The number of likely N-dealkylation sites (tertiary alicyclic amines) is 1. The number of rotatable bonds is 4. The van der Waals surface area contributed by atoms with Gasteiger partial charge in [0, 0.05) is 25.0 Å². The van der Waals surface area contributed by atoms with Crippen LogP contribution in [0.3, 0.4) is 0 Å². The molecule has 1 aromatic heterocycles. The van der Waals surface area contributed by atoms with Crippen molar-refractivity contribution in [2.24, 2.45) is 0 Å². The van der Waals surface area contributed by atoms with E-state index >= 15 is 0 Å². The number of hydrogen-bond donors (Lipinski definition) is 1. The minimum atomic E-state index is -0.0164. The smallest absolute Gasteiger partial charge is 0.316 e. The lowest BCUT2D eigenvalue weighted by Crippen LogP contribution is -2.35.